The maximum atomic E-state index is 12.8. The second-order valence-corrected chi connectivity index (χ2v) is 6.90. The van der Waals surface area contributed by atoms with E-state index >= 15 is 0 Å². The highest BCUT2D eigenvalue weighted by Crippen LogP contribution is 2.40. The molecule has 1 N–H and O–H groups in total. The molecular formula is C21H21NO5. The molecule has 1 amide bonds. The number of hydrogen-bond acceptors (Lipinski definition) is 5. The van der Waals surface area contributed by atoms with E-state index in [4.69, 9.17) is 9.15 Å². The Hall–Kier alpha value is -2.86. The molecule has 3 heterocycles. The maximum absolute atomic E-state index is 12.8. The summed E-state index contributed by atoms with van der Waals surface area (Å²) in [6.45, 7) is 2.75. The molecule has 2 atom stereocenters. The fourth-order valence-corrected chi connectivity index (χ4v) is 3.72. The summed E-state index contributed by atoms with van der Waals surface area (Å²) in [5.74, 6) is -0.395. The molecule has 4 rings (SSSR count). The van der Waals surface area contributed by atoms with Crippen LogP contribution in [0.5, 0.6) is 0 Å². The van der Waals surface area contributed by atoms with Crippen LogP contribution in [0.4, 0.5) is 0 Å². The van der Waals surface area contributed by atoms with E-state index in [1.165, 1.54) is 4.90 Å². The number of likely N-dealkylation sites (tertiary alicyclic amines) is 1. The molecule has 6 heteroatoms. The highest BCUT2D eigenvalue weighted by Gasteiger charge is 2.48. The van der Waals surface area contributed by atoms with Crippen LogP contribution in [0.15, 0.2) is 52.5 Å². The van der Waals surface area contributed by atoms with E-state index in [0.717, 1.165) is 12.8 Å². The number of carbonyl (C=O) groups excluding carboxylic acids is 2. The molecule has 2 fully saturated rings. The van der Waals surface area contributed by atoms with E-state index in [1.807, 2.05) is 6.07 Å². The molecule has 2 aliphatic heterocycles. The number of carbonyl (C=O) groups is 2. The van der Waals surface area contributed by atoms with Crippen LogP contribution in [0.2, 0.25) is 0 Å². The van der Waals surface area contributed by atoms with Crippen molar-refractivity contribution >= 4 is 17.4 Å². The Morgan fingerprint density at radius 3 is 2.59 bits per heavy atom. The summed E-state index contributed by atoms with van der Waals surface area (Å²) >= 11 is 0. The third-order valence-corrected chi connectivity index (χ3v) is 5.04. The lowest BCUT2D eigenvalue weighted by molar-refractivity contribution is -0.141. The zero-order chi connectivity index (χ0) is 19.0. The first-order chi connectivity index (χ1) is 13.1. The van der Waals surface area contributed by atoms with Gasteiger partial charge in [-0.05, 0) is 31.9 Å². The zero-order valence-electron chi connectivity index (χ0n) is 15.1. The maximum Gasteiger partial charge on any atom is 0.295 e. The molecule has 0 aliphatic carbocycles. The lowest BCUT2D eigenvalue weighted by Gasteiger charge is -2.25. The third-order valence-electron chi connectivity index (χ3n) is 5.04. The number of amides is 1. The van der Waals surface area contributed by atoms with Gasteiger partial charge in [-0.3, -0.25) is 9.59 Å². The molecule has 27 heavy (non-hydrogen) atoms. The van der Waals surface area contributed by atoms with Gasteiger partial charge in [-0.15, -0.1) is 0 Å². The molecular weight excluding hydrogens is 346 g/mol. The SMILES string of the molecule is Cc1ccc(C2C(=C(O)c3ccccc3)C(=O)C(=O)N2CC2CCCO2)o1. The number of benzene rings is 1. The summed E-state index contributed by atoms with van der Waals surface area (Å²) in [6.07, 6.45) is 1.66. The summed E-state index contributed by atoms with van der Waals surface area (Å²) in [6, 6.07) is 11.5. The smallest absolute Gasteiger partial charge is 0.295 e. The van der Waals surface area contributed by atoms with E-state index in [1.54, 1.807) is 43.3 Å². The Labute approximate surface area is 157 Å². The lowest BCUT2D eigenvalue weighted by Crippen LogP contribution is -2.36. The van der Waals surface area contributed by atoms with Gasteiger partial charge in [0.1, 0.15) is 23.3 Å². The van der Waals surface area contributed by atoms with Crippen LogP contribution >= 0.6 is 0 Å². The largest absolute Gasteiger partial charge is 0.507 e. The fourth-order valence-electron chi connectivity index (χ4n) is 3.72. The van der Waals surface area contributed by atoms with Crippen LogP contribution in [-0.2, 0) is 14.3 Å². The van der Waals surface area contributed by atoms with E-state index < -0.39 is 17.7 Å². The van der Waals surface area contributed by atoms with Gasteiger partial charge in [0.2, 0.25) is 0 Å². The molecule has 2 aliphatic rings. The van der Waals surface area contributed by atoms with Gasteiger partial charge in [-0.2, -0.15) is 0 Å². The van der Waals surface area contributed by atoms with Gasteiger partial charge in [0.15, 0.2) is 0 Å². The summed E-state index contributed by atoms with van der Waals surface area (Å²) in [5, 5.41) is 10.8. The number of nitrogens with zero attached hydrogens (tertiary/aromatic N) is 1. The number of furan rings is 1. The third kappa shape index (κ3) is 3.17. The van der Waals surface area contributed by atoms with Gasteiger partial charge >= 0.3 is 0 Å². The van der Waals surface area contributed by atoms with Gasteiger partial charge < -0.3 is 19.2 Å². The molecule has 140 valence electrons. The monoisotopic (exact) mass is 367 g/mol. The second-order valence-electron chi connectivity index (χ2n) is 6.90. The number of aliphatic hydroxyl groups excluding tert-OH is 1. The fraction of sp³-hybridized carbons (Fsp3) is 0.333. The molecule has 2 unspecified atom stereocenters. The minimum Gasteiger partial charge on any atom is -0.507 e. The van der Waals surface area contributed by atoms with Crippen LogP contribution in [0.25, 0.3) is 5.76 Å². The average Bonchev–Trinajstić information content (AvgIpc) is 3.39. The number of ketones is 1. The molecule has 0 saturated carbocycles. The minimum atomic E-state index is -0.761. The van der Waals surface area contributed by atoms with Crippen molar-refractivity contribution in [3.63, 3.8) is 0 Å². The topological polar surface area (TPSA) is 80.0 Å². The number of hydrogen-bond donors (Lipinski definition) is 1. The first-order valence-electron chi connectivity index (χ1n) is 9.08. The number of Topliss-reactive ketones (excluding diaryl/α,β-unsaturated/α-hetero) is 1. The van der Waals surface area contributed by atoms with Crippen LogP contribution in [0.1, 0.15) is 36.0 Å². The number of aryl methyl sites for hydroxylation is 1. The minimum absolute atomic E-state index is 0.0542. The first kappa shape index (κ1) is 17.5. The quantitative estimate of drug-likeness (QED) is 0.510. The van der Waals surface area contributed by atoms with Crippen molar-refractivity contribution in [2.45, 2.75) is 31.9 Å². The molecule has 0 radical (unpaired) electrons. The van der Waals surface area contributed by atoms with E-state index in [9.17, 15) is 14.7 Å². The van der Waals surface area contributed by atoms with Crippen molar-refractivity contribution in [2.24, 2.45) is 0 Å². The summed E-state index contributed by atoms with van der Waals surface area (Å²) < 4.78 is 11.4. The van der Waals surface area contributed by atoms with Crippen molar-refractivity contribution in [1.29, 1.82) is 0 Å². The Morgan fingerprint density at radius 1 is 1.19 bits per heavy atom. The Balaban J connectivity index is 1.80. The predicted octanol–water partition coefficient (Wildman–Crippen LogP) is 3.19. The number of rotatable bonds is 4. The zero-order valence-corrected chi connectivity index (χ0v) is 15.1. The second kappa shape index (κ2) is 7.04. The van der Waals surface area contributed by atoms with Gasteiger partial charge in [0.05, 0.1) is 11.7 Å². The normalized spacial score (nSPS) is 24.7. The van der Waals surface area contributed by atoms with Crippen LogP contribution in [0.3, 0.4) is 0 Å². The van der Waals surface area contributed by atoms with Crippen LogP contribution < -0.4 is 0 Å². The van der Waals surface area contributed by atoms with Gasteiger partial charge in [0, 0.05) is 18.7 Å². The molecule has 2 aromatic rings. The van der Waals surface area contributed by atoms with Gasteiger partial charge in [0.25, 0.3) is 11.7 Å². The molecule has 0 bridgehead atoms. The van der Waals surface area contributed by atoms with Crippen molar-refractivity contribution < 1.29 is 23.8 Å². The average molecular weight is 367 g/mol. The van der Waals surface area contributed by atoms with Gasteiger partial charge in [-0.1, -0.05) is 30.3 Å². The summed E-state index contributed by atoms with van der Waals surface area (Å²) in [5.41, 5.74) is 0.541. The van der Waals surface area contributed by atoms with Crippen molar-refractivity contribution in [2.75, 3.05) is 13.2 Å². The Morgan fingerprint density at radius 2 is 1.96 bits per heavy atom. The van der Waals surface area contributed by atoms with Crippen LogP contribution in [-0.4, -0.2) is 41.0 Å². The lowest BCUT2D eigenvalue weighted by atomic mass is 9.99. The standard InChI is InChI=1S/C21H21NO5/c1-13-9-10-16(27-13)18-17(19(23)14-6-3-2-4-7-14)20(24)21(25)22(18)12-15-8-5-11-26-15/h2-4,6-7,9-10,15,18,23H,5,8,11-12H2,1H3. The van der Waals surface area contributed by atoms with E-state index in [2.05, 4.69) is 0 Å². The van der Waals surface area contributed by atoms with Crippen molar-refractivity contribution in [1.82, 2.24) is 4.90 Å². The highest BCUT2D eigenvalue weighted by atomic mass is 16.5. The molecule has 2 saturated heterocycles. The van der Waals surface area contributed by atoms with Crippen molar-refractivity contribution in [3.05, 3.63) is 65.1 Å². The Kier molecular flexibility index (Phi) is 4.58. The highest BCUT2D eigenvalue weighted by molar-refractivity contribution is 6.46. The van der Waals surface area contributed by atoms with Crippen molar-refractivity contribution in [3.8, 4) is 0 Å². The van der Waals surface area contributed by atoms with E-state index in [0.29, 0.717) is 30.2 Å². The summed E-state index contributed by atoms with van der Waals surface area (Å²) in [4.78, 5) is 27.0. The first-order valence-corrected chi connectivity index (χ1v) is 9.08. The van der Waals surface area contributed by atoms with E-state index in [-0.39, 0.29) is 17.4 Å². The molecule has 0 spiro atoms. The van der Waals surface area contributed by atoms with Crippen LogP contribution in [0, 0.1) is 6.92 Å². The Bertz CT molecular complexity index is 892. The summed E-state index contributed by atoms with van der Waals surface area (Å²) in [7, 11) is 0. The number of aliphatic hydroxyl groups is 1. The molecule has 6 nitrogen and oxygen atoms in total. The van der Waals surface area contributed by atoms with Gasteiger partial charge in [-0.25, -0.2) is 0 Å². The number of ether oxygens (including phenoxy) is 1. The molecule has 1 aromatic heterocycles. The molecule has 1 aromatic carbocycles. The predicted molar refractivity (Wildman–Crippen MR) is 97.9 cm³/mol.